The minimum atomic E-state index is -3.74. The van der Waals surface area contributed by atoms with Crippen LogP contribution in [0.2, 0.25) is 0 Å². The fourth-order valence-electron chi connectivity index (χ4n) is 2.48. The molecule has 140 valence electrons. The van der Waals surface area contributed by atoms with Crippen LogP contribution in [0.25, 0.3) is 0 Å². The molecule has 0 spiro atoms. The second-order valence-corrected chi connectivity index (χ2v) is 7.88. The number of hydrogen-bond acceptors (Lipinski definition) is 4. The van der Waals surface area contributed by atoms with Gasteiger partial charge in [0.25, 0.3) is 0 Å². The van der Waals surface area contributed by atoms with E-state index in [2.05, 4.69) is 36.5 Å². The van der Waals surface area contributed by atoms with Gasteiger partial charge in [-0.05, 0) is 55.8 Å². The fraction of sp³-hybridized carbons (Fsp3) is 0.316. The van der Waals surface area contributed by atoms with E-state index in [4.69, 9.17) is 5.14 Å². The zero-order chi connectivity index (χ0) is 19.3. The molecule has 1 amide bonds. The molecule has 0 unspecified atom stereocenters. The van der Waals surface area contributed by atoms with Crippen LogP contribution in [0.15, 0.2) is 53.4 Å². The Labute approximate surface area is 155 Å². The van der Waals surface area contributed by atoms with Crippen molar-refractivity contribution < 1.29 is 13.2 Å². The Bertz CT molecular complexity index is 847. The highest BCUT2D eigenvalue weighted by Gasteiger charge is 2.18. The summed E-state index contributed by atoms with van der Waals surface area (Å²) in [5, 5.41) is 7.85. The van der Waals surface area contributed by atoms with Crippen molar-refractivity contribution in [3.05, 3.63) is 59.7 Å². The molecule has 0 aromatic heterocycles. The Hall–Kier alpha value is -2.22. The highest BCUT2D eigenvalue weighted by molar-refractivity contribution is 7.89. The number of rotatable bonds is 7. The number of aryl methyl sites for hydroxylation is 1. The van der Waals surface area contributed by atoms with E-state index in [1.54, 1.807) is 0 Å². The molecule has 2 rings (SSSR count). The van der Waals surface area contributed by atoms with Gasteiger partial charge in [0.05, 0.1) is 10.9 Å². The third kappa shape index (κ3) is 5.39. The molecule has 6 nitrogen and oxygen atoms in total. The number of primary sulfonamides is 1. The molecule has 0 aliphatic heterocycles. The highest BCUT2D eigenvalue weighted by atomic mass is 32.2. The van der Waals surface area contributed by atoms with Gasteiger partial charge in [-0.2, -0.15) is 0 Å². The zero-order valence-corrected chi connectivity index (χ0v) is 16.1. The largest absolute Gasteiger partial charge is 0.325 e. The molecule has 3 N–H and O–H groups in total. The minimum Gasteiger partial charge on any atom is -0.325 e. The Morgan fingerprint density at radius 2 is 1.62 bits per heavy atom. The molecule has 7 heteroatoms. The summed E-state index contributed by atoms with van der Waals surface area (Å²) in [4.78, 5) is 14.4. The molecule has 2 aromatic rings. The van der Waals surface area contributed by atoms with Crippen LogP contribution < -0.4 is 10.5 Å². The summed E-state index contributed by atoms with van der Waals surface area (Å²) in [6, 6.07) is 13.8. The first-order valence-corrected chi connectivity index (χ1v) is 9.97. The smallest absolute Gasteiger partial charge is 0.241 e. The number of benzene rings is 2. The van der Waals surface area contributed by atoms with Crippen LogP contribution in [0.4, 0.5) is 5.69 Å². The molecule has 0 saturated carbocycles. The Kier molecular flexibility index (Phi) is 6.52. The van der Waals surface area contributed by atoms with Crippen molar-refractivity contribution in [1.82, 2.24) is 4.90 Å². The van der Waals surface area contributed by atoms with Crippen LogP contribution in [0.5, 0.6) is 0 Å². The summed E-state index contributed by atoms with van der Waals surface area (Å²) in [5.41, 5.74) is 2.95. The Morgan fingerprint density at radius 1 is 1.08 bits per heavy atom. The van der Waals surface area contributed by atoms with Gasteiger partial charge in [-0.1, -0.05) is 31.2 Å². The van der Waals surface area contributed by atoms with E-state index in [1.807, 2.05) is 18.9 Å². The molecule has 1 atom stereocenters. The van der Waals surface area contributed by atoms with Gasteiger partial charge in [-0.25, -0.2) is 13.6 Å². The van der Waals surface area contributed by atoms with Crippen LogP contribution in [0, 0.1) is 0 Å². The third-order valence-electron chi connectivity index (χ3n) is 4.35. The van der Waals surface area contributed by atoms with Crippen molar-refractivity contribution in [2.45, 2.75) is 37.8 Å². The molecule has 0 aliphatic rings. The van der Waals surface area contributed by atoms with E-state index in [0.717, 1.165) is 12.0 Å². The van der Waals surface area contributed by atoms with Gasteiger partial charge in [0.2, 0.25) is 15.9 Å². The maximum Gasteiger partial charge on any atom is 0.241 e. The second-order valence-electron chi connectivity index (χ2n) is 6.32. The van der Waals surface area contributed by atoms with Crippen LogP contribution >= 0.6 is 0 Å². The van der Waals surface area contributed by atoms with Crippen molar-refractivity contribution in [3.8, 4) is 0 Å². The first-order chi connectivity index (χ1) is 12.2. The maximum absolute atomic E-state index is 12.4. The van der Waals surface area contributed by atoms with Crippen LogP contribution in [-0.2, 0) is 27.8 Å². The Morgan fingerprint density at radius 3 is 2.12 bits per heavy atom. The first-order valence-electron chi connectivity index (χ1n) is 8.42. The predicted molar refractivity (Wildman–Crippen MR) is 103 cm³/mol. The summed E-state index contributed by atoms with van der Waals surface area (Å²) < 4.78 is 22.5. The van der Waals surface area contributed by atoms with E-state index < -0.39 is 10.0 Å². The normalized spacial score (nSPS) is 12.8. The molecule has 0 fully saturated rings. The number of carbonyl (C=O) groups is 1. The van der Waals surface area contributed by atoms with Gasteiger partial charge >= 0.3 is 0 Å². The van der Waals surface area contributed by atoms with E-state index in [0.29, 0.717) is 12.2 Å². The zero-order valence-electron chi connectivity index (χ0n) is 15.3. The van der Waals surface area contributed by atoms with Crippen molar-refractivity contribution >= 4 is 21.6 Å². The van der Waals surface area contributed by atoms with Crippen molar-refractivity contribution in [1.29, 1.82) is 0 Å². The molecular formula is C19H25N3O3S. The molecule has 0 aliphatic carbocycles. The summed E-state index contributed by atoms with van der Waals surface area (Å²) in [6.07, 6.45) is 0.999. The SMILES string of the molecule is CCc1ccc(CN(C)[C@@H](C)C(=O)Nc2ccc(S(N)(=O)=O)cc2)cc1. The van der Waals surface area contributed by atoms with Crippen molar-refractivity contribution in [3.63, 3.8) is 0 Å². The molecule has 26 heavy (non-hydrogen) atoms. The lowest BCUT2D eigenvalue weighted by molar-refractivity contribution is -0.120. The number of likely N-dealkylation sites (N-methyl/N-ethyl adjacent to an activating group) is 1. The Balaban J connectivity index is 1.97. The number of hydrogen-bond donors (Lipinski definition) is 2. The lowest BCUT2D eigenvalue weighted by Gasteiger charge is -2.24. The van der Waals surface area contributed by atoms with Gasteiger partial charge in [0.15, 0.2) is 0 Å². The van der Waals surface area contributed by atoms with Gasteiger partial charge in [0, 0.05) is 12.2 Å². The molecular weight excluding hydrogens is 350 g/mol. The topological polar surface area (TPSA) is 92.5 Å². The monoisotopic (exact) mass is 375 g/mol. The van der Waals surface area contributed by atoms with Gasteiger partial charge < -0.3 is 5.32 Å². The third-order valence-corrected chi connectivity index (χ3v) is 5.28. The van der Waals surface area contributed by atoms with Gasteiger partial charge in [-0.3, -0.25) is 9.69 Å². The van der Waals surface area contributed by atoms with Gasteiger partial charge in [-0.15, -0.1) is 0 Å². The highest BCUT2D eigenvalue weighted by Crippen LogP contribution is 2.14. The average Bonchev–Trinajstić information content (AvgIpc) is 2.61. The summed E-state index contributed by atoms with van der Waals surface area (Å²) in [6.45, 7) is 4.60. The predicted octanol–water partition coefficient (Wildman–Crippen LogP) is 2.36. The first kappa shape index (κ1) is 20.1. The second kappa shape index (κ2) is 8.44. The molecule has 0 heterocycles. The van der Waals surface area contributed by atoms with Crippen molar-refractivity contribution in [2.24, 2.45) is 5.14 Å². The van der Waals surface area contributed by atoms with Gasteiger partial charge in [0.1, 0.15) is 0 Å². The van der Waals surface area contributed by atoms with E-state index in [1.165, 1.54) is 29.8 Å². The fourth-order valence-corrected chi connectivity index (χ4v) is 3.00. The number of carbonyl (C=O) groups excluding carboxylic acids is 1. The minimum absolute atomic E-state index is 0.0104. The lowest BCUT2D eigenvalue weighted by Crippen LogP contribution is -2.39. The van der Waals surface area contributed by atoms with Crippen LogP contribution in [0.1, 0.15) is 25.0 Å². The van der Waals surface area contributed by atoms with Crippen molar-refractivity contribution in [2.75, 3.05) is 12.4 Å². The molecule has 0 saturated heterocycles. The standard InChI is InChI=1S/C19H25N3O3S/c1-4-15-5-7-16(8-6-15)13-22(3)14(2)19(23)21-17-9-11-18(12-10-17)26(20,24)25/h5-12,14H,4,13H2,1-3H3,(H,21,23)(H2,20,24,25)/t14-/m0/s1. The molecule has 2 aromatic carbocycles. The van der Waals surface area contributed by atoms with E-state index in [9.17, 15) is 13.2 Å². The van der Waals surface area contributed by atoms with E-state index in [-0.39, 0.29) is 16.8 Å². The van der Waals surface area contributed by atoms with E-state index >= 15 is 0 Å². The van der Waals surface area contributed by atoms with Crippen LogP contribution in [0.3, 0.4) is 0 Å². The molecule has 0 radical (unpaired) electrons. The quantitative estimate of drug-likeness (QED) is 0.777. The number of anilines is 1. The number of nitrogens with zero attached hydrogens (tertiary/aromatic N) is 1. The maximum atomic E-state index is 12.4. The number of sulfonamides is 1. The number of amides is 1. The van der Waals surface area contributed by atoms with Crippen LogP contribution in [-0.4, -0.2) is 32.3 Å². The number of nitrogens with two attached hydrogens (primary N) is 1. The lowest BCUT2D eigenvalue weighted by atomic mass is 10.1. The summed E-state index contributed by atoms with van der Waals surface area (Å²) in [5.74, 6) is -0.166. The molecule has 0 bridgehead atoms. The number of nitrogens with one attached hydrogen (secondary N) is 1. The summed E-state index contributed by atoms with van der Waals surface area (Å²) >= 11 is 0. The summed E-state index contributed by atoms with van der Waals surface area (Å²) in [7, 11) is -1.85. The average molecular weight is 375 g/mol.